The molecule has 2 rings (SSSR count). The first-order valence-corrected chi connectivity index (χ1v) is 5.99. The van der Waals surface area contributed by atoms with Crippen LogP contribution in [0.4, 0.5) is 5.69 Å². The fourth-order valence-corrected chi connectivity index (χ4v) is 2.18. The van der Waals surface area contributed by atoms with Crippen LogP contribution in [0.1, 0.15) is 30.4 Å². The topological polar surface area (TPSA) is 45.0 Å². The SMILES string of the molecule is COC1(CNc2cc(C)ccc2C#N)CCC1. The van der Waals surface area contributed by atoms with Crippen LogP contribution >= 0.6 is 0 Å². The molecule has 1 aromatic rings. The van der Waals surface area contributed by atoms with Crippen molar-refractivity contribution in [2.24, 2.45) is 0 Å². The van der Waals surface area contributed by atoms with Crippen LogP contribution in [0.5, 0.6) is 0 Å². The van der Waals surface area contributed by atoms with E-state index in [4.69, 9.17) is 10.00 Å². The third-order valence-corrected chi connectivity index (χ3v) is 3.59. The molecular formula is C14H18N2O. The zero-order valence-corrected chi connectivity index (χ0v) is 10.4. The van der Waals surface area contributed by atoms with Gasteiger partial charge in [-0.1, -0.05) is 6.07 Å². The molecule has 1 fully saturated rings. The van der Waals surface area contributed by atoms with Gasteiger partial charge >= 0.3 is 0 Å². The number of benzene rings is 1. The highest BCUT2D eigenvalue weighted by Gasteiger charge is 2.36. The van der Waals surface area contributed by atoms with E-state index in [2.05, 4.69) is 11.4 Å². The van der Waals surface area contributed by atoms with E-state index in [-0.39, 0.29) is 5.60 Å². The number of anilines is 1. The Hall–Kier alpha value is -1.53. The Balaban J connectivity index is 2.08. The molecule has 3 nitrogen and oxygen atoms in total. The number of nitriles is 1. The molecule has 17 heavy (non-hydrogen) atoms. The molecule has 0 radical (unpaired) electrons. The molecule has 1 aromatic carbocycles. The van der Waals surface area contributed by atoms with Crippen molar-refractivity contribution >= 4 is 5.69 Å². The molecule has 90 valence electrons. The Labute approximate surface area is 102 Å². The standard InChI is InChI=1S/C14H18N2O/c1-11-4-5-12(9-15)13(8-11)16-10-14(17-2)6-3-7-14/h4-5,8,16H,3,6-7,10H2,1-2H3. The third-order valence-electron chi connectivity index (χ3n) is 3.59. The summed E-state index contributed by atoms with van der Waals surface area (Å²) in [6, 6.07) is 8.04. The van der Waals surface area contributed by atoms with Crippen LogP contribution < -0.4 is 5.32 Å². The number of hydrogen-bond donors (Lipinski definition) is 1. The van der Waals surface area contributed by atoms with Gasteiger partial charge < -0.3 is 10.1 Å². The molecule has 1 aliphatic rings. The van der Waals surface area contributed by atoms with Gasteiger partial charge in [-0.3, -0.25) is 0 Å². The van der Waals surface area contributed by atoms with Crippen molar-refractivity contribution in [3.63, 3.8) is 0 Å². The van der Waals surface area contributed by atoms with Crippen LogP contribution in [0.15, 0.2) is 18.2 Å². The zero-order valence-electron chi connectivity index (χ0n) is 10.4. The van der Waals surface area contributed by atoms with Gasteiger partial charge in [0.15, 0.2) is 0 Å². The van der Waals surface area contributed by atoms with Crippen LogP contribution in [0.25, 0.3) is 0 Å². The summed E-state index contributed by atoms with van der Waals surface area (Å²) in [5.74, 6) is 0. The zero-order chi connectivity index (χ0) is 12.3. The average molecular weight is 230 g/mol. The van der Waals surface area contributed by atoms with E-state index in [9.17, 15) is 0 Å². The lowest BCUT2D eigenvalue weighted by Gasteiger charge is -2.40. The molecule has 0 amide bonds. The summed E-state index contributed by atoms with van der Waals surface area (Å²) in [5.41, 5.74) is 2.75. The maximum Gasteiger partial charge on any atom is 0.101 e. The molecule has 0 spiro atoms. The second-order valence-electron chi connectivity index (χ2n) is 4.76. The normalized spacial score (nSPS) is 17.0. The van der Waals surface area contributed by atoms with E-state index < -0.39 is 0 Å². The molecule has 0 atom stereocenters. The molecule has 1 saturated carbocycles. The maximum absolute atomic E-state index is 9.05. The van der Waals surface area contributed by atoms with Crippen molar-refractivity contribution in [3.8, 4) is 6.07 Å². The van der Waals surface area contributed by atoms with Crippen LogP contribution in [-0.4, -0.2) is 19.3 Å². The number of methoxy groups -OCH3 is 1. The Morgan fingerprint density at radius 3 is 2.76 bits per heavy atom. The minimum atomic E-state index is -0.0174. The minimum Gasteiger partial charge on any atom is -0.381 e. The van der Waals surface area contributed by atoms with Crippen molar-refractivity contribution in [3.05, 3.63) is 29.3 Å². The van der Waals surface area contributed by atoms with Crippen molar-refractivity contribution in [1.29, 1.82) is 5.26 Å². The van der Waals surface area contributed by atoms with Gasteiger partial charge in [-0.05, 0) is 43.9 Å². The van der Waals surface area contributed by atoms with E-state index in [1.54, 1.807) is 7.11 Å². The smallest absolute Gasteiger partial charge is 0.101 e. The van der Waals surface area contributed by atoms with Crippen molar-refractivity contribution in [2.45, 2.75) is 31.8 Å². The monoisotopic (exact) mass is 230 g/mol. The highest BCUT2D eigenvalue weighted by atomic mass is 16.5. The summed E-state index contributed by atoms with van der Waals surface area (Å²) in [6.07, 6.45) is 3.43. The molecule has 0 aliphatic heterocycles. The first-order valence-electron chi connectivity index (χ1n) is 5.99. The van der Waals surface area contributed by atoms with E-state index in [1.165, 1.54) is 6.42 Å². The Morgan fingerprint density at radius 1 is 1.47 bits per heavy atom. The molecule has 0 unspecified atom stereocenters. The van der Waals surface area contributed by atoms with Crippen molar-refractivity contribution in [2.75, 3.05) is 19.0 Å². The van der Waals surface area contributed by atoms with Gasteiger partial charge in [0.1, 0.15) is 6.07 Å². The molecule has 1 aliphatic carbocycles. The fourth-order valence-electron chi connectivity index (χ4n) is 2.18. The lowest BCUT2D eigenvalue weighted by atomic mass is 9.80. The molecule has 0 heterocycles. The van der Waals surface area contributed by atoms with Crippen molar-refractivity contribution in [1.82, 2.24) is 0 Å². The molecular weight excluding hydrogens is 212 g/mol. The van der Waals surface area contributed by atoms with Gasteiger partial charge in [0.2, 0.25) is 0 Å². The second kappa shape index (κ2) is 4.77. The number of nitrogens with zero attached hydrogens (tertiary/aromatic N) is 1. The Bertz CT molecular complexity index is 439. The van der Waals surface area contributed by atoms with Crippen LogP contribution in [0.2, 0.25) is 0 Å². The van der Waals surface area contributed by atoms with Crippen LogP contribution in [0, 0.1) is 18.3 Å². The van der Waals surface area contributed by atoms with Gasteiger partial charge in [-0.2, -0.15) is 5.26 Å². The number of aryl methyl sites for hydroxylation is 1. The number of nitrogens with one attached hydrogen (secondary N) is 1. The van der Waals surface area contributed by atoms with Gasteiger partial charge in [-0.15, -0.1) is 0 Å². The Morgan fingerprint density at radius 2 is 2.24 bits per heavy atom. The fraction of sp³-hybridized carbons (Fsp3) is 0.500. The highest BCUT2D eigenvalue weighted by Crippen LogP contribution is 2.35. The molecule has 0 aromatic heterocycles. The van der Waals surface area contributed by atoms with E-state index in [0.29, 0.717) is 5.56 Å². The molecule has 3 heteroatoms. The van der Waals surface area contributed by atoms with E-state index >= 15 is 0 Å². The van der Waals surface area contributed by atoms with Crippen LogP contribution in [-0.2, 0) is 4.74 Å². The second-order valence-corrected chi connectivity index (χ2v) is 4.76. The Kier molecular flexibility index (Phi) is 3.35. The van der Waals surface area contributed by atoms with E-state index in [1.807, 2.05) is 25.1 Å². The largest absolute Gasteiger partial charge is 0.381 e. The predicted molar refractivity (Wildman–Crippen MR) is 68.0 cm³/mol. The van der Waals surface area contributed by atoms with Crippen LogP contribution in [0.3, 0.4) is 0 Å². The van der Waals surface area contributed by atoms with E-state index in [0.717, 1.165) is 30.6 Å². The van der Waals surface area contributed by atoms with Gasteiger partial charge in [-0.25, -0.2) is 0 Å². The lowest BCUT2D eigenvalue weighted by Crippen LogP contribution is -2.45. The summed E-state index contributed by atoms with van der Waals surface area (Å²) in [7, 11) is 1.77. The van der Waals surface area contributed by atoms with Gasteiger partial charge in [0.05, 0.1) is 16.9 Å². The van der Waals surface area contributed by atoms with Crippen molar-refractivity contribution < 1.29 is 4.74 Å². The first kappa shape index (κ1) is 11.9. The average Bonchev–Trinajstić information content (AvgIpc) is 2.28. The lowest BCUT2D eigenvalue weighted by molar-refractivity contribution is -0.0601. The number of ether oxygens (including phenoxy) is 1. The maximum atomic E-state index is 9.05. The molecule has 0 saturated heterocycles. The van der Waals surface area contributed by atoms with Gasteiger partial charge in [0.25, 0.3) is 0 Å². The summed E-state index contributed by atoms with van der Waals surface area (Å²) >= 11 is 0. The third kappa shape index (κ3) is 2.42. The summed E-state index contributed by atoms with van der Waals surface area (Å²) in [4.78, 5) is 0. The summed E-state index contributed by atoms with van der Waals surface area (Å²) in [5, 5.41) is 12.4. The quantitative estimate of drug-likeness (QED) is 0.865. The molecule has 0 bridgehead atoms. The number of hydrogen-bond acceptors (Lipinski definition) is 3. The summed E-state index contributed by atoms with van der Waals surface area (Å²) < 4.78 is 5.55. The highest BCUT2D eigenvalue weighted by molar-refractivity contribution is 5.59. The summed E-state index contributed by atoms with van der Waals surface area (Å²) in [6.45, 7) is 2.81. The van der Waals surface area contributed by atoms with Gasteiger partial charge in [0, 0.05) is 13.7 Å². The number of rotatable bonds is 4. The molecule has 1 N–H and O–H groups in total. The minimum absolute atomic E-state index is 0.0174. The predicted octanol–water partition coefficient (Wildman–Crippen LogP) is 2.85. The first-order chi connectivity index (χ1) is 8.19.